The molecule has 150 valence electrons. The highest BCUT2D eigenvalue weighted by Gasteiger charge is 2.17. The van der Waals surface area contributed by atoms with Crippen LogP contribution in [0.2, 0.25) is 5.02 Å². The summed E-state index contributed by atoms with van der Waals surface area (Å²) in [6, 6.07) is 17.0. The minimum atomic E-state index is 0. The third kappa shape index (κ3) is 5.10. The molecule has 2 heterocycles. The second-order valence-electron chi connectivity index (χ2n) is 6.18. The van der Waals surface area contributed by atoms with E-state index >= 15 is 0 Å². The average Bonchev–Trinajstić information content (AvgIpc) is 3.15. The number of benzene rings is 2. The second-order valence-corrected chi connectivity index (χ2v) is 6.58. The van der Waals surface area contributed by atoms with E-state index in [1.807, 2.05) is 36.4 Å². The highest BCUT2D eigenvalue weighted by molar-refractivity contribution is 6.31. The van der Waals surface area contributed by atoms with Crippen molar-refractivity contribution in [3.05, 3.63) is 76.9 Å². The van der Waals surface area contributed by atoms with Crippen LogP contribution in [-0.4, -0.2) is 17.6 Å². The molecule has 1 aliphatic rings. The zero-order valence-electron chi connectivity index (χ0n) is 15.4. The van der Waals surface area contributed by atoms with Crippen LogP contribution >= 0.6 is 24.0 Å². The fraction of sp³-hybridized carbons (Fsp3) is 0.143. The molecule has 0 saturated heterocycles. The smallest absolute Gasteiger partial charge is 0.231 e. The third-order valence-electron chi connectivity index (χ3n) is 4.15. The van der Waals surface area contributed by atoms with Gasteiger partial charge >= 0.3 is 0 Å². The maximum Gasteiger partial charge on any atom is 0.231 e. The van der Waals surface area contributed by atoms with Crippen molar-refractivity contribution in [2.45, 2.75) is 13.0 Å². The Morgan fingerprint density at radius 2 is 1.86 bits per heavy atom. The molecule has 0 aliphatic carbocycles. The van der Waals surface area contributed by atoms with Crippen LogP contribution in [0, 0.1) is 0 Å². The number of amidine groups is 1. The number of aromatic nitrogens is 1. The Balaban J connectivity index is 0.00000240. The molecule has 2 N–H and O–H groups in total. The molecular weight excluding hydrogens is 413 g/mol. The van der Waals surface area contributed by atoms with E-state index in [2.05, 4.69) is 9.98 Å². The van der Waals surface area contributed by atoms with E-state index in [0.29, 0.717) is 40.3 Å². The van der Waals surface area contributed by atoms with E-state index in [0.717, 1.165) is 11.1 Å². The number of nitrogens with zero attached hydrogens (tertiary/aromatic N) is 2. The number of hydrogen-bond donors (Lipinski definition) is 1. The minimum Gasteiger partial charge on any atom is -0.485 e. The molecule has 1 aliphatic heterocycles. The fourth-order valence-corrected chi connectivity index (χ4v) is 2.99. The Hall–Kier alpha value is -2.96. The fourth-order valence-electron chi connectivity index (χ4n) is 2.78. The summed E-state index contributed by atoms with van der Waals surface area (Å²) in [6.45, 7) is 0.431. The first kappa shape index (κ1) is 20.8. The first-order valence-corrected chi connectivity index (χ1v) is 9.09. The molecule has 6 nitrogen and oxygen atoms in total. The largest absolute Gasteiger partial charge is 0.485 e. The summed E-state index contributed by atoms with van der Waals surface area (Å²) in [4.78, 5) is 8.71. The van der Waals surface area contributed by atoms with Gasteiger partial charge in [-0.3, -0.25) is 0 Å². The standard InChI is InChI=1S/C21H18ClN3O3.ClH/c22-16-11-19-18(27-13-28-19)10-15(16)12-26-17-7-4-8-24-21(17)25-20(23)9-14-5-2-1-3-6-14;/h1-8,10-11H,9,12-13H2,(H2,23,24,25);1H. The maximum absolute atomic E-state index is 6.31. The monoisotopic (exact) mass is 431 g/mol. The molecule has 2 aromatic carbocycles. The molecule has 0 radical (unpaired) electrons. The van der Waals surface area contributed by atoms with Crippen LogP contribution in [0.1, 0.15) is 11.1 Å². The van der Waals surface area contributed by atoms with Gasteiger partial charge in [-0.1, -0.05) is 41.9 Å². The predicted molar refractivity (Wildman–Crippen MR) is 115 cm³/mol. The van der Waals surface area contributed by atoms with Gasteiger partial charge in [0.05, 0.1) is 5.02 Å². The van der Waals surface area contributed by atoms with Crippen LogP contribution in [0.5, 0.6) is 17.2 Å². The number of halogens is 2. The Morgan fingerprint density at radius 1 is 1.10 bits per heavy atom. The summed E-state index contributed by atoms with van der Waals surface area (Å²) in [5.41, 5.74) is 7.96. The quantitative estimate of drug-likeness (QED) is 0.452. The normalized spacial score (nSPS) is 12.4. The van der Waals surface area contributed by atoms with E-state index in [1.165, 1.54) is 0 Å². The van der Waals surface area contributed by atoms with E-state index in [-0.39, 0.29) is 25.8 Å². The van der Waals surface area contributed by atoms with Gasteiger partial charge in [-0.05, 0) is 23.8 Å². The number of ether oxygens (including phenoxy) is 3. The number of aliphatic imine (C=N–C) groups is 1. The van der Waals surface area contributed by atoms with E-state index < -0.39 is 0 Å². The SMILES string of the molecule is Cl.NC(Cc1ccccc1)=Nc1ncccc1OCc1cc2c(cc1Cl)OCO2. The van der Waals surface area contributed by atoms with E-state index in [1.54, 1.807) is 24.4 Å². The third-order valence-corrected chi connectivity index (χ3v) is 4.51. The van der Waals surface area contributed by atoms with Crippen molar-refractivity contribution in [3.8, 4) is 17.2 Å². The highest BCUT2D eigenvalue weighted by atomic mass is 35.5. The lowest BCUT2D eigenvalue weighted by Gasteiger charge is -2.10. The second kappa shape index (κ2) is 9.49. The molecular formula is C21H19Cl2N3O3. The summed E-state index contributed by atoms with van der Waals surface area (Å²) < 4.78 is 16.6. The Kier molecular flexibility index (Phi) is 6.80. The first-order valence-electron chi connectivity index (χ1n) is 8.72. The van der Waals surface area contributed by atoms with Gasteiger partial charge < -0.3 is 19.9 Å². The Morgan fingerprint density at radius 3 is 2.66 bits per heavy atom. The summed E-state index contributed by atoms with van der Waals surface area (Å²) >= 11 is 6.31. The molecule has 1 aromatic heterocycles. The van der Waals surface area contributed by atoms with Crippen LogP contribution in [0.3, 0.4) is 0 Å². The van der Waals surface area contributed by atoms with E-state index in [9.17, 15) is 0 Å². The van der Waals surface area contributed by atoms with Crippen molar-refractivity contribution in [3.63, 3.8) is 0 Å². The van der Waals surface area contributed by atoms with Crippen molar-refractivity contribution < 1.29 is 14.2 Å². The average molecular weight is 432 g/mol. The molecule has 0 atom stereocenters. The molecule has 0 spiro atoms. The van der Waals surface area contributed by atoms with Crippen LogP contribution < -0.4 is 19.9 Å². The molecule has 0 bridgehead atoms. The van der Waals surface area contributed by atoms with Crippen LogP contribution in [0.4, 0.5) is 5.82 Å². The maximum atomic E-state index is 6.31. The minimum absolute atomic E-state index is 0. The molecule has 0 saturated carbocycles. The number of fused-ring (bicyclic) bond motifs is 1. The zero-order valence-corrected chi connectivity index (χ0v) is 16.9. The van der Waals surface area contributed by atoms with Gasteiger partial charge in [0, 0.05) is 24.2 Å². The van der Waals surface area contributed by atoms with Gasteiger partial charge in [0.25, 0.3) is 0 Å². The van der Waals surface area contributed by atoms with Crippen molar-refractivity contribution in [1.82, 2.24) is 4.98 Å². The summed E-state index contributed by atoms with van der Waals surface area (Å²) in [5, 5.41) is 0.543. The number of pyridine rings is 1. The predicted octanol–water partition coefficient (Wildman–Crippen LogP) is 4.70. The lowest BCUT2D eigenvalue weighted by molar-refractivity contribution is 0.174. The lowest BCUT2D eigenvalue weighted by Crippen LogP contribution is -2.14. The van der Waals surface area contributed by atoms with Gasteiger partial charge in [0.15, 0.2) is 23.1 Å². The lowest BCUT2D eigenvalue weighted by atomic mass is 10.1. The molecule has 3 aromatic rings. The van der Waals surface area contributed by atoms with Crippen LogP contribution in [0.25, 0.3) is 0 Å². The van der Waals surface area contributed by atoms with Gasteiger partial charge in [0.1, 0.15) is 12.4 Å². The van der Waals surface area contributed by atoms with Gasteiger partial charge in [0.2, 0.25) is 6.79 Å². The van der Waals surface area contributed by atoms with Crippen LogP contribution in [-0.2, 0) is 13.0 Å². The molecule has 29 heavy (non-hydrogen) atoms. The molecule has 4 rings (SSSR count). The molecule has 0 fully saturated rings. The van der Waals surface area contributed by atoms with E-state index in [4.69, 9.17) is 31.5 Å². The van der Waals surface area contributed by atoms with Crippen molar-refractivity contribution in [1.29, 1.82) is 0 Å². The zero-order chi connectivity index (χ0) is 19.3. The molecule has 0 amide bonds. The van der Waals surface area contributed by atoms with Crippen molar-refractivity contribution >= 4 is 35.7 Å². The van der Waals surface area contributed by atoms with Crippen molar-refractivity contribution in [2.75, 3.05) is 6.79 Å². The Bertz CT molecular complexity index is 1010. The number of rotatable bonds is 6. The summed E-state index contributed by atoms with van der Waals surface area (Å²) in [5.74, 6) is 2.68. The first-order chi connectivity index (χ1) is 13.7. The van der Waals surface area contributed by atoms with Gasteiger partial charge in [-0.25, -0.2) is 9.98 Å². The molecule has 8 heteroatoms. The Labute approximate surface area is 179 Å². The van der Waals surface area contributed by atoms with Gasteiger partial charge in [-0.2, -0.15) is 0 Å². The molecule has 0 unspecified atom stereocenters. The number of nitrogens with two attached hydrogens (primary N) is 1. The highest BCUT2D eigenvalue weighted by Crippen LogP contribution is 2.37. The summed E-state index contributed by atoms with van der Waals surface area (Å²) in [6.07, 6.45) is 2.18. The van der Waals surface area contributed by atoms with Crippen molar-refractivity contribution in [2.24, 2.45) is 10.7 Å². The number of hydrogen-bond acceptors (Lipinski definition) is 5. The van der Waals surface area contributed by atoms with Crippen LogP contribution in [0.15, 0.2) is 65.8 Å². The van der Waals surface area contributed by atoms with Gasteiger partial charge in [-0.15, -0.1) is 12.4 Å². The summed E-state index contributed by atoms with van der Waals surface area (Å²) in [7, 11) is 0. The topological polar surface area (TPSA) is 79.0 Å².